The fourth-order valence-electron chi connectivity index (χ4n) is 11.1. The average Bonchev–Trinajstić information content (AvgIpc) is 4.05. The highest BCUT2D eigenvalue weighted by molar-refractivity contribution is 6.12. The minimum absolute atomic E-state index is 0.0898. The number of carbonyl (C=O) groups is 9. The third kappa shape index (κ3) is 20.8. The minimum atomic E-state index is -1.07. The number of aliphatic carboxylic acids is 1. The van der Waals surface area contributed by atoms with E-state index in [0.717, 1.165) is 23.3 Å². The van der Waals surface area contributed by atoms with Crippen LogP contribution in [-0.2, 0) is 59.1 Å². The highest BCUT2D eigenvalue weighted by Gasteiger charge is 2.56. The number of amides is 9. The number of methoxy groups -OCH3 is 1. The first-order valence-electron chi connectivity index (χ1n) is 29.3. The number of benzene rings is 1. The van der Waals surface area contributed by atoms with Crippen LogP contribution in [0.25, 0.3) is 0 Å². The number of imide groups is 1. The molecular formula is C60H90N8O15. The predicted molar refractivity (Wildman–Crippen MR) is 308 cm³/mol. The zero-order valence-electron chi connectivity index (χ0n) is 49.9. The quantitative estimate of drug-likeness (QED) is 0.0212. The van der Waals surface area contributed by atoms with Crippen molar-refractivity contribution in [3.05, 3.63) is 65.8 Å². The van der Waals surface area contributed by atoms with Crippen molar-refractivity contribution in [1.82, 2.24) is 30.7 Å². The number of hydrogen-bond donors (Lipinski definition) is 6. The first kappa shape index (κ1) is 66.9. The summed E-state index contributed by atoms with van der Waals surface area (Å²) in [7, 11) is 1.74. The summed E-state index contributed by atoms with van der Waals surface area (Å²) in [5.74, 6) is -3.38. The van der Waals surface area contributed by atoms with Gasteiger partial charge in [0.05, 0.1) is 36.4 Å². The number of unbranched alkanes of at least 4 members (excludes halogenated alkanes) is 2. The number of urea groups is 1. The zero-order valence-corrected chi connectivity index (χ0v) is 49.9. The molecule has 9 amide bonds. The molecule has 1 aromatic carbocycles. The van der Waals surface area contributed by atoms with E-state index in [4.69, 9.17) is 29.4 Å². The number of allylic oxidation sites excluding steroid dienone is 3. The van der Waals surface area contributed by atoms with Gasteiger partial charge < -0.3 is 65.6 Å². The molecule has 7 N–H and O–H groups in total. The van der Waals surface area contributed by atoms with Gasteiger partial charge in [0, 0.05) is 88.9 Å². The molecule has 4 aliphatic rings. The lowest BCUT2D eigenvalue weighted by Crippen LogP contribution is -2.54. The van der Waals surface area contributed by atoms with E-state index in [1.54, 1.807) is 50.1 Å². The first-order chi connectivity index (χ1) is 39.4. The summed E-state index contributed by atoms with van der Waals surface area (Å²) in [5.41, 5.74) is 6.88. The normalized spacial score (nSPS) is 23.7. The summed E-state index contributed by atoms with van der Waals surface area (Å²) < 4.78 is 30.0. The van der Waals surface area contributed by atoms with Gasteiger partial charge in [-0.05, 0) is 93.9 Å². The number of ether oxygens (including phenoxy) is 5. The zero-order chi connectivity index (χ0) is 61.0. The first-order valence-corrected chi connectivity index (χ1v) is 29.3. The number of anilines is 1. The van der Waals surface area contributed by atoms with Crippen molar-refractivity contribution in [3.63, 3.8) is 0 Å². The Balaban J connectivity index is 1.08. The molecule has 0 spiro atoms. The van der Waals surface area contributed by atoms with Crippen molar-refractivity contribution < 1.29 is 71.9 Å². The van der Waals surface area contributed by atoms with Crippen LogP contribution in [-0.4, -0.2) is 168 Å². The van der Waals surface area contributed by atoms with Crippen molar-refractivity contribution in [2.45, 2.75) is 181 Å². The number of nitrogens with zero attached hydrogens (tertiary/aromatic N) is 3. The lowest BCUT2D eigenvalue weighted by atomic mass is 9.85. The molecule has 460 valence electrons. The van der Waals surface area contributed by atoms with E-state index in [9.17, 15) is 48.3 Å². The predicted octanol–water partition coefficient (Wildman–Crippen LogP) is 6.35. The van der Waals surface area contributed by atoms with E-state index in [1.165, 1.54) is 17.1 Å². The Morgan fingerprint density at radius 3 is 2.20 bits per heavy atom. The van der Waals surface area contributed by atoms with Crippen LogP contribution in [0, 0.1) is 23.7 Å². The lowest BCUT2D eigenvalue weighted by molar-refractivity contribution is -0.151. The molecule has 0 bridgehead atoms. The molecule has 83 heavy (non-hydrogen) atoms. The molecule has 0 saturated carbocycles. The topological polar surface area (TPSA) is 307 Å². The van der Waals surface area contributed by atoms with Crippen LogP contribution in [0.15, 0.2) is 60.2 Å². The summed E-state index contributed by atoms with van der Waals surface area (Å²) in [6, 6.07) is 3.80. The smallest absolute Gasteiger partial charge is 0.410 e. The second-order valence-electron chi connectivity index (χ2n) is 23.0. The maximum absolute atomic E-state index is 13.8. The van der Waals surface area contributed by atoms with Crippen molar-refractivity contribution in [2.24, 2.45) is 29.4 Å². The molecule has 3 fully saturated rings. The number of carboxylic acids is 1. The van der Waals surface area contributed by atoms with Crippen LogP contribution in [0.2, 0.25) is 0 Å². The second-order valence-corrected chi connectivity index (χ2v) is 23.0. The van der Waals surface area contributed by atoms with Crippen LogP contribution in [0.3, 0.4) is 0 Å². The monoisotopic (exact) mass is 1160 g/mol. The van der Waals surface area contributed by atoms with Gasteiger partial charge in [0.15, 0.2) is 0 Å². The molecule has 4 aliphatic heterocycles. The number of hydrogen-bond acceptors (Lipinski definition) is 14. The number of carbonyl (C=O) groups excluding carboxylic acids is 8. The molecule has 23 nitrogen and oxygen atoms in total. The van der Waals surface area contributed by atoms with Crippen LogP contribution in [0.1, 0.15) is 132 Å². The molecule has 0 aromatic heterocycles. The summed E-state index contributed by atoms with van der Waals surface area (Å²) >= 11 is 0. The summed E-state index contributed by atoms with van der Waals surface area (Å²) in [5, 5.41) is 20.5. The Labute approximate surface area is 488 Å². The Hall–Kier alpha value is -6.85. The Morgan fingerprint density at radius 2 is 1.58 bits per heavy atom. The molecule has 0 unspecified atom stereocenters. The van der Waals surface area contributed by atoms with Crippen LogP contribution >= 0.6 is 0 Å². The maximum Gasteiger partial charge on any atom is 0.410 e. The van der Waals surface area contributed by atoms with E-state index in [1.807, 2.05) is 26.0 Å². The standard InChI is InChI=1S/C60H90N8O15/c1-10-46(79-9)41(7)54-60(8,83-54)35-38(4)17-14-18-39(5)53-40(6)47(33-44(81-53)34-51(72)73)82-59(78)67-29-16-28-66(31-32-67)58(77)80-36-42-21-23-43(24-22-42)63-55(74)45(19-15-27-62-57(61)76)64-56(75)52(37(2)3)65-48(69)20-12-11-13-30-68-49(70)25-26-50(68)71/h14,17-18,21-26,37-38,40-41,44-47,52-54H,10-13,15-16,19-20,27-36H2,1-9H3,(H,63,74)(H,64,75)(H,65,69)(H,72,73)(H3,61,62,76)/b17-14+,39-18+/t38-,40+,41-,44-,45-,46+,47-,52-,53-,54-,60-/m1/s1. The summed E-state index contributed by atoms with van der Waals surface area (Å²) in [6.07, 6.45) is 10.1. The third-order valence-corrected chi connectivity index (χ3v) is 15.9. The Morgan fingerprint density at radius 1 is 0.904 bits per heavy atom. The Bertz CT molecular complexity index is 2480. The van der Waals surface area contributed by atoms with E-state index in [0.29, 0.717) is 50.0 Å². The fourth-order valence-corrected chi connectivity index (χ4v) is 11.1. The molecule has 1 aromatic rings. The van der Waals surface area contributed by atoms with Gasteiger partial charge in [0.1, 0.15) is 24.8 Å². The van der Waals surface area contributed by atoms with Crippen molar-refractivity contribution in [2.75, 3.05) is 51.7 Å². The number of nitrogens with one attached hydrogen (secondary N) is 4. The molecular weight excluding hydrogens is 1070 g/mol. The Kier molecular flexibility index (Phi) is 26.0. The molecule has 4 heterocycles. The largest absolute Gasteiger partial charge is 0.481 e. The van der Waals surface area contributed by atoms with Crippen LogP contribution in [0.4, 0.5) is 20.1 Å². The van der Waals surface area contributed by atoms with Crippen molar-refractivity contribution >= 4 is 59.4 Å². The molecule has 23 heteroatoms. The highest BCUT2D eigenvalue weighted by atomic mass is 16.6. The van der Waals surface area contributed by atoms with Gasteiger partial charge in [-0.1, -0.05) is 78.3 Å². The maximum atomic E-state index is 13.8. The number of rotatable bonds is 30. The number of carboxylic acid groups (broad SMARTS) is 1. The average molecular weight is 1160 g/mol. The third-order valence-electron chi connectivity index (χ3n) is 15.9. The van der Waals surface area contributed by atoms with Gasteiger partial charge in [0.25, 0.3) is 11.8 Å². The molecule has 5 rings (SSSR count). The van der Waals surface area contributed by atoms with Gasteiger partial charge in [0.2, 0.25) is 17.7 Å². The fraction of sp³-hybridized carbons (Fsp3) is 0.650. The van der Waals surface area contributed by atoms with Gasteiger partial charge in [-0.15, -0.1) is 0 Å². The van der Waals surface area contributed by atoms with Gasteiger partial charge in [-0.2, -0.15) is 0 Å². The van der Waals surface area contributed by atoms with Gasteiger partial charge in [-0.3, -0.25) is 33.7 Å². The van der Waals surface area contributed by atoms with E-state index in [2.05, 4.69) is 55.0 Å². The number of epoxide rings is 1. The summed E-state index contributed by atoms with van der Waals surface area (Å²) in [6.45, 7) is 17.3. The van der Waals surface area contributed by atoms with E-state index in [-0.39, 0.29) is 124 Å². The number of nitrogens with two attached hydrogens (primary N) is 1. The molecule has 3 saturated heterocycles. The minimum Gasteiger partial charge on any atom is -0.481 e. The molecule has 0 aliphatic carbocycles. The van der Waals surface area contributed by atoms with E-state index < -0.39 is 66.4 Å². The second kappa shape index (κ2) is 32.3. The van der Waals surface area contributed by atoms with E-state index >= 15 is 0 Å². The van der Waals surface area contributed by atoms with Gasteiger partial charge in [-0.25, -0.2) is 14.4 Å². The van der Waals surface area contributed by atoms with Gasteiger partial charge >= 0.3 is 24.2 Å². The van der Waals surface area contributed by atoms with Crippen LogP contribution in [0.5, 0.6) is 0 Å². The van der Waals surface area contributed by atoms with Crippen molar-refractivity contribution in [3.8, 4) is 0 Å². The molecule has 0 radical (unpaired) electrons. The molecule has 11 atom stereocenters. The van der Waals surface area contributed by atoms with Crippen molar-refractivity contribution in [1.29, 1.82) is 0 Å². The lowest BCUT2D eigenvalue weighted by Gasteiger charge is -2.40. The number of primary amides is 1. The summed E-state index contributed by atoms with van der Waals surface area (Å²) in [4.78, 5) is 118. The SMILES string of the molecule is CC[C@H](OC)[C@@H](C)[C@H]1O[C@]1(C)C[C@H](C)/C=C/C=C(\C)[C@H]1O[C@@H](CC(=O)O)C[C@@H](OC(=O)N2CCCN(C(=O)OCc3ccc(NC(=O)[C@@H](CCCNC(N)=O)NC(=O)[C@H](NC(=O)CCCCCN4C(=O)C=CC4=O)C(C)C)cc3)CC2)[C@@H]1C. The van der Waals surface area contributed by atoms with Crippen LogP contribution < -0.4 is 27.0 Å². The highest BCUT2D eigenvalue weighted by Crippen LogP contribution is 2.47.